The maximum absolute atomic E-state index is 11.8. The highest BCUT2D eigenvalue weighted by atomic mass is 16.7. The van der Waals surface area contributed by atoms with Gasteiger partial charge in [0, 0.05) is 29.9 Å². The van der Waals surface area contributed by atoms with Crippen LogP contribution in [-0.2, 0) is 20.7 Å². The van der Waals surface area contributed by atoms with Gasteiger partial charge in [0.25, 0.3) is 0 Å². The number of rotatable bonds is 4. The normalized spacial score (nSPS) is 19.1. The van der Waals surface area contributed by atoms with Gasteiger partial charge in [-0.25, -0.2) is 0 Å². The van der Waals surface area contributed by atoms with Gasteiger partial charge in [0.15, 0.2) is 0 Å². The fourth-order valence-electron chi connectivity index (χ4n) is 2.58. The molecule has 2 aromatic rings. The molecule has 2 heterocycles. The Hall–Kier alpha value is -1.81. The summed E-state index contributed by atoms with van der Waals surface area (Å²) in [6.45, 7) is 0.695. The molecule has 0 aliphatic carbocycles. The summed E-state index contributed by atoms with van der Waals surface area (Å²) in [5.74, 6) is -0.179. The molecule has 20 heavy (non-hydrogen) atoms. The number of hydrogen-bond donors (Lipinski definition) is 1. The summed E-state index contributed by atoms with van der Waals surface area (Å²) in [5, 5.41) is 1.18. The van der Waals surface area contributed by atoms with Gasteiger partial charge in [-0.1, -0.05) is 18.2 Å². The molecule has 106 valence electrons. The molecule has 1 aromatic heterocycles. The molecule has 0 spiro atoms. The van der Waals surface area contributed by atoms with Crippen molar-refractivity contribution in [2.24, 2.45) is 0 Å². The van der Waals surface area contributed by atoms with Gasteiger partial charge in [0.2, 0.25) is 6.29 Å². The van der Waals surface area contributed by atoms with E-state index in [0.29, 0.717) is 19.4 Å². The molecule has 0 bridgehead atoms. The van der Waals surface area contributed by atoms with Crippen LogP contribution in [0, 0.1) is 0 Å². The molecular weight excluding hydrogens is 254 g/mol. The second-order valence-electron chi connectivity index (χ2n) is 5.15. The number of carbonyl (C=O) groups excluding carboxylic acids is 1. The van der Waals surface area contributed by atoms with E-state index in [0.717, 1.165) is 30.3 Å². The van der Waals surface area contributed by atoms with Crippen molar-refractivity contribution < 1.29 is 14.3 Å². The van der Waals surface area contributed by atoms with E-state index >= 15 is 0 Å². The average molecular weight is 273 g/mol. The van der Waals surface area contributed by atoms with Gasteiger partial charge < -0.3 is 14.5 Å². The van der Waals surface area contributed by atoms with Gasteiger partial charge in [0.05, 0.1) is 6.61 Å². The fraction of sp³-hybridized carbons (Fsp3) is 0.438. The highest BCUT2D eigenvalue weighted by Gasteiger charge is 2.18. The minimum Gasteiger partial charge on any atom is -0.436 e. The van der Waals surface area contributed by atoms with Gasteiger partial charge in [-0.15, -0.1) is 0 Å². The number of benzene rings is 1. The molecule has 4 heteroatoms. The lowest BCUT2D eigenvalue weighted by Crippen LogP contribution is -2.25. The van der Waals surface area contributed by atoms with Crippen LogP contribution in [0.25, 0.3) is 10.9 Å². The number of aryl methyl sites for hydroxylation is 1. The zero-order chi connectivity index (χ0) is 13.8. The molecule has 1 atom stereocenters. The summed E-state index contributed by atoms with van der Waals surface area (Å²) in [4.78, 5) is 15.0. The van der Waals surface area contributed by atoms with Gasteiger partial charge >= 0.3 is 5.97 Å². The molecule has 1 unspecified atom stereocenters. The first kappa shape index (κ1) is 13.2. The number of esters is 1. The van der Waals surface area contributed by atoms with E-state index in [2.05, 4.69) is 11.1 Å². The molecule has 1 aromatic carbocycles. The van der Waals surface area contributed by atoms with Crippen LogP contribution < -0.4 is 0 Å². The third kappa shape index (κ3) is 3.02. The summed E-state index contributed by atoms with van der Waals surface area (Å²) in [6, 6.07) is 8.11. The second kappa shape index (κ2) is 6.09. The van der Waals surface area contributed by atoms with Crippen molar-refractivity contribution in [3.8, 4) is 0 Å². The first-order valence-corrected chi connectivity index (χ1v) is 7.19. The Bertz CT molecular complexity index is 584. The van der Waals surface area contributed by atoms with Crippen molar-refractivity contribution in [2.45, 2.75) is 38.4 Å². The van der Waals surface area contributed by atoms with Crippen molar-refractivity contribution >= 4 is 16.9 Å². The van der Waals surface area contributed by atoms with Crippen LogP contribution in [0.15, 0.2) is 30.5 Å². The SMILES string of the molecule is O=C(CCc1c[nH]c2ccccc12)OC1CCCCO1. The zero-order valence-electron chi connectivity index (χ0n) is 11.4. The predicted octanol–water partition coefficient (Wildman–Crippen LogP) is 3.17. The van der Waals surface area contributed by atoms with E-state index in [-0.39, 0.29) is 12.3 Å². The molecule has 4 nitrogen and oxygen atoms in total. The molecule has 1 aliphatic heterocycles. The largest absolute Gasteiger partial charge is 0.436 e. The summed E-state index contributed by atoms with van der Waals surface area (Å²) >= 11 is 0. The lowest BCUT2D eigenvalue weighted by Gasteiger charge is -2.22. The third-order valence-electron chi connectivity index (χ3n) is 3.67. The number of aromatic nitrogens is 1. The minimum absolute atomic E-state index is 0.179. The number of para-hydroxylation sites is 1. The number of aromatic amines is 1. The summed E-state index contributed by atoms with van der Waals surface area (Å²) in [7, 11) is 0. The molecule has 0 amide bonds. The Labute approximate surface area is 118 Å². The van der Waals surface area contributed by atoms with E-state index in [1.165, 1.54) is 5.39 Å². The minimum atomic E-state index is -0.334. The highest BCUT2D eigenvalue weighted by molar-refractivity contribution is 5.83. The summed E-state index contributed by atoms with van der Waals surface area (Å²) in [5.41, 5.74) is 2.26. The molecular formula is C16H19NO3. The first-order chi connectivity index (χ1) is 9.83. The van der Waals surface area contributed by atoms with Gasteiger partial charge in [-0.2, -0.15) is 0 Å². The van der Waals surface area contributed by atoms with Gasteiger partial charge in [-0.05, 0) is 30.9 Å². The summed E-state index contributed by atoms with van der Waals surface area (Å²) in [6.07, 6.45) is 5.66. The molecule has 1 aliphatic rings. The van der Waals surface area contributed by atoms with E-state index in [4.69, 9.17) is 9.47 Å². The smallest absolute Gasteiger partial charge is 0.308 e. The Kier molecular flexibility index (Phi) is 4.02. The molecule has 1 N–H and O–H groups in total. The van der Waals surface area contributed by atoms with Gasteiger partial charge in [-0.3, -0.25) is 4.79 Å². The number of ether oxygens (including phenoxy) is 2. The molecule has 1 saturated heterocycles. The van der Waals surface area contributed by atoms with Crippen LogP contribution in [0.2, 0.25) is 0 Å². The van der Waals surface area contributed by atoms with Crippen LogP contribution in [0.5, 0.6) is 0 Å². The van der Waals surface area contributed by atoms with E-state index < -0.39 is 0 Å². The van der Waals surface area contributed by atoms with E-state index in [1.807, 2.05) is 24.4 Å². The topological polar surface area (TPSA) is 51.3 Å². The Morgan fingerprint density at radius 3 is 3.10 bits per heavy atom. The lowest BCUT2D eigenvalue weighted by atomic mass is 10.1. The second-order valence-corrected chi connectivity index (χ2v) is 5.15. The maximum atomic E-state index is 11.8. The Morgan fingerprint density at radius 2 is 2.25 bits per heavy atom. The zero-order valence-corrected chi connectivity index (χ0v) is 11.4. The number of carbonyl (C=O) groups is 1. The van der Waals surface area contributed by atoms with Crippen molar-refractivity contribution in [1.82, 2.24) is 4.98 Å². The number of H-pyrrole nitrogens is 1. The molecule has 0 radical (unpaired) electrons. The third-order valence-corrected chi connectivity index (χ3v) is 3.67. The summed E-state index contributed by atoms with van der Waals surface area (Å²) < 4.78 is 10.7. The quantitative estimate of drug-likeness (QED) is 0.870. The number of fused-ring (bicyclic) bond motifs is 1. The standard InChI is InChI=1S/C16H19NO3/c18-15(20-16-7-3-4-10-19-16)9-8-12-11-17-14-6-2-1-5-13(12)14/h1-2,5-6,11,16-17H,3-4,7-10H2. The van der Waals surface area contributed by atoms with Crippen molar-refractivity contribution in [1.29, 1.82) is 0 Å². The average Bonchev–Trinajstić information content (AvgIpc) is 2.89. The van der Waals surface area contributed by atoms with Crippen molar-refractivity contribution in [3.63, 3.8) is 0 Å². The number of hydrogen-bond acceptors (Lipinski definition) is 3. The maximum Gasteiger partial charge on any atom is 0.308 e. The van der Waals surface area contributed by atoms with Crippen LogP contribution in [-0.4, -0.2) is 23.9 Å². The van der Waals surface area contributed by atoms with E-state index in [1.54, 1.807) is 0 Å². The van der Waals surface area contributed by atoms with E-state index in [9.17, 15) is 4.79 Å². The fourth-order valence-corrected chi connectivity index (χ4v) is 2.58. The predicted molar refractivity (Wildman–Crippen MR) is 76.3 cm³/mol. The Morgan fingerprint density at radius 1 is 1.35 bits per heavy atom. The van der Waals surface area contributed by atoms with Crippen molar-refractivity contribution in [2.75, 3.05) is 6.61 Å². The van der Waals surface area contributed by atoms with Crippen molar-refractivity contribution in [3.05, 3.63) is 36.0 Å². The van der Waals surface area contributed by atoms with Crippen LogP contribution in [0.3, 0.4) is 0 Å². The van der Waals surface area contributed by atoms with Gasteiger partial charge in [0.1, 0.15) is 0 Å². The van der Waals surface area contributed by atoms with Crippen LogP contribution >= 0.6 is 0 Å². The number of nitrogens with one attached hydrogen (secondary N) is 1. The molecule has 1 fully saturated rings. The molecule has 0 saturated carbocycles. The first-order valence-electron chi connectivity index (χ1n) is 7.19. The van der Waals surface area contributed by atoms with Crippen LogP contribution in [0.1, 0.15) is 31.2 Å². The molecule has 3 rings (SSSR count). The lowest BCUT2D eigenvalue weighted by molar-refractivity contribution is -0.186. The monoisotopic (exact) mass is 273 g/mol. The van der Waals surface area contributed by atoms with Crippen LogP contribution in [0.4, 0.5) is 0 Å². The Balaban J connectivity index is 1.54. The highest BCUT2D eigenvalue weighted by Crippen LogP contribution is 2.20.